The molecule has 0 fully saturated rings. The lowest BCUT2D eigenvalue weighted by Crippen LogP contribution is -2.01. The van der Waals surface area contributed by atoms with E-state index in [1.54, 1.807) is 12.1 Å². The van der Waals surface area contributed by atoms with Gasteiger partial charge in [-0.05, 0) is 24.3 Å². The minimum Gasteiger partial charge on any atom is -0.494 e. The third kappa shape index (κ3) is 2.80. The number of nitrogens with zero attached hydrogens (tertiary/aromatic N) is 2. The van der Waals surface area contributed by atoms with Gasteiger partial charge in [0.25, 0.3) is 0 Å². The van der Waals surface area contributed by atoms with Crippen molar-refractivity contribution in [1.29, 1.82) is 0 Å². The number of anilines is 2. The molecular weight excluding hydrogens is 305 g/mol. The highest BCUT2D eigenvalue weighted by molar-refractivity contribution is 6.16. The third-order valence-corrected chi connectivity index (χ3v) is 3.42. The number of halogens is 2. The second kappa shape index (κ2) is 6.15. The molecule has 0 radical (unpaired) electrons. The molecule has 6 heteroatoms. The Bertz CT molecular complexity index is 826. The molecule has 0 saturated heterocycles. The summed E-state index contributed by atoms with van der Waals surface area (Å²) in [5, 5.41) is 3.95. The molecule has 4 nitrogen and oxygen atoms in total. The summed E-state index contributed by atoms with van der Waals surface area (Å²) in [7, 11) is 1.43. The Morgan fingerprint density at radius 1 is 1.18 bits per heavy atom. The van der Waals surface area contributed by atoms with Gasteiger partial charge in [0.2, 0.25) is 0 Å². The molecule has 0 unspecified atom stereocenters. The van der Waals surface area contributed by atoms with Crippen LogP contribution in [0.1, 0.15) is 5.82 Å². The third-order valence-electron chi connectivity index (χ3n) is 3.18. The maximum Gasteiger partial charge on any atom is 0.167 e. The first-order valence-electron chi connectivity index (χ1n) is 6.63. The number of nitrogens with one attached hydrogen (secondary N) is 1. The summed E-state index contributed by atoms with van der Waals surface area (Å²) < 4.78 is 18.7. The van der Waals surface area contributed by atoms with Crippen LogP contribution in [-0.2, 0) is 5.88 Å². The molecule has 0 aliphatic rings. The van der Waals surface area contributed by atoms with Gasteiger partial charge in [-0.2, -0.15) is 0 Å². The van der Waals surface area contributed by atoms with Gasteiger partial charge in [-0.1, -0.05) is 12.1 Å². The van der Waals surface area contributed by atoms with Crippen molar-refractivity contribution in [3.63, 3.8) is 0 Å². The van der Waals surface area contributed by atoms with E-state index in [1.807, 2.05) is 24.3 Å². The first kappa shape index (κ1) is 14.5. The van der Waals surface area contributed by atoms with Crippen LogP contribution in [0.25, 0.3) is 10.9 Å². The summed E-state index contributed by atoms with van der Waals surface area (Å²) in [5.41, 5.74) is 1.35. The number of aromatic nitrogens is 2. The molecule has 1 aromatic heterocycles. The topological polar surface area (TPSA) is 47.0 Å². The summed E-state index contributed by atoms with van der Waals surface area (Å²) in [6.45, 7) is 0. The van der Waals surface area contributed by atoms with Gasteiger partial charge in [-0.15, -0.1) is 11.6 Å². The molecule has 0 aliphatic carbocycles. The first-order chi connectivity index (χ1) is 10.7. The SMILES string of the molecule is COc1ccc(Nc2nc(CCl)nc3ccccc23)cc1F. The number of rotatable bonds is 4. The Balaban J connectivity index is 2.04. The maximum atomic E-state index is 13.8. The van der Waals surface area contributed by atoms with Crippen LogP contribution in [0.5, 0.6) is 5.75 Å². The molecule has 1 heterocycles. The molecule has 112 valence electrons. The molecule has 3 rings (SSSR count). The molecule has 1 N–H and O–H groups in total. The monoisotopic (exact) mass is 317 g/mol. The summed E-state index contributed by atoms with van der Waals surface area (Å²) in [5.74, 6) is 1.06. The summed E-state index contributed by atoms with van der Waals surface area (Å²) in [6, 6.07) is 12.2. The van der Waals surface area contributed by atoms with Gasteiger partial charge < -0.3 is 10.1 Å². The van der Waals surface area contributed by atoms with Crippen molar-refractivity contribution in [2.24, 2.45) is 0 Å². The maximum absolute atomic E-state index is 13.8. The average Bonchev–Trinajstić information content (AvgIpc) is 2.55. The van der Waals surface area contributed by atoms with Gasteiger partial charge in [0.05, 0.1) is 18.5 Å². The second-order valence-electron chi connectivity index (χ2n) is 4.61. The van der Waals surface area contributed by atoms with Crippen LogP contribution in [0.2, 0.25) is 0 Å². The van der Waals surface area contributed by atoms with Gasteiger partial charge in [0.15, 0.2) is 11.6 Å². The molecule has 0 saturated carbocycles. The Hall–Kier alpha value is -2.40. The number of hydrogen-bond donors (Lipinski definition) is 1. The summed E-state index contributed by atoms with van der Waals surface area (Å²) in [6.07, 6.45) is 0. The molecule has 0 aliphatic heterocycles. The number of alkyl halides is 1. The molecule has 22 heavy (non-hydrogen) atoms. The molecule has 0 atom stereocenters. The summed E-state index contributed by atoms with van der Waals surface area (Å²) in [4.78, 5) is 8.74. The fourth-order valence-electron chi connectivity index (χ4n) is 2.16. The number of ether oxygens (including phenoxy) is 1. The van der Waals surface area contributed by atoms with E-state index in [0.717, 1.165) is 10.9 Å². The van der Waals surface area contributed by atoms with Crippen LogP contribution in [0.15, 0.2) is 42.5 Å². The Morgan fingerprint density at radius 2 is 2.00 bits per heavy atom. The van der Waals surface area contributed by atoms with Crippen molar-refractivity contribution in [2.75, 3.05) is 12.4 Å². The lowest BCUT2D eigenvalue weighted by Gasteiger charge is -2.11. The second-order valence-corrected chi connectivity index (χ2v) is 4.88. The van der Waals surface area contributed by atoms with Crippen LogP contribution >= 0.6 is 11.6 Å². The number of para-hydroxylation sites is 1. The highest BCUT2D eigenvalue weighted by atomic mass is 35.5. The van der Waals surface area contributed by atoms with E-state index in [9.17, 15) is 4.39 Å². The molecule has 0 amide bonds. The Labute approximate surface area is 131 Å². The largest absolute Gasteiger partial charge is 0.494 e. The van der Waals surface area contributed by atoms with Crippen molar-refractivity contribution in [3.8, 4) is 5.75 Å². The normalized spacial score (nSPS) is 10.7. The predicted octanol–water partition coefficient (Wildman–Crippen LogP) is 4.26. The zero-order chi connectivity index (χ0) is 15.5. The number of hydrogen-bond acceptors (Lipinski definition) is 4. The van der Waals surface area contributed by atoms with E-state index in [4.69, 9.17) is 16.3 Å². The van der Waals surface area contributed by atoms with Crippen molar-refractivity contribution in [2.45, 2.75) is 5.88 Å². The van der Waals surface area contributed by atoms with Gasteiger partial charge in [0.1, 0.15) is 11.6 Å². The van der Waals surface area contributed by atoms with E-state index < -0.39 is 5.82 Å². The van der Waals surface area contributed by atoms with Crippen LogP contribution in [0, 0.1) is 5.82 Å². The van der Waals surface area contributed by atoms with Crippen molar-refractivity contribution in [1.82, 2.24) is 9.97 Å². The van der Waals surface area contributed by atoms with E-state index in [0.29, 0.717) is 17.3 Å². The standard InChI is InChI=1S/C16H13ClFN3O/c1-22-14-7-6-10(8-12(14)18)19-16-11-4-2-3-5-13(11)20-15(9-17)21-16/h2-8H,9H2,1H3,(H,19,20,21). The fourth-order valence-corrected chi connectivity index (χ4v) is 2.28. The first-order valence-corrected chi connectivity index (χ1v) is 7.17. The number of benzene rings is 2. The zero-order valence-corrected chi connectivity index (χ0v) is 12.6. The van der Waals surface area contributed by atoms with E-state index >= 15 is 0 Å². The molecule has 2 aromatic carbocycles. The van der Waals surface area contributed by atoms with Gasteiger partial charge in [0, 0.05) is 17.1 Å². The lowest BCUT2D eigenvalue weighted by atomic mass is 10.2. The Kier molecular flexibility index (Phi) is 4.06. The highest BCUT2D eigenvalue weighted by Gasteiger charge is 2.09. The summed E-state index contributed by atoms with van der Waals surface area (Å²) >= 11 is 5.84. The Morgan fingerprint density at radius 3 is 2.73 bits per heavy atom. The fraction of sp³-hybridized carbons (Fsp3) is 0.125. The molecule has 0 bridgehead atoms. The average molecular weight is 318 g/mol. The smallest absolute Gasteiger partial charge is 0.167 e. The number of fused-ring (bicyclic) bond motifs is 1. The lowest BCUT2D eigenvalue weighted by molar-refractivity contribution is 0.386. The number of methoxy groups -OCH3 is 1. The van der Waals surface area contributed by atoms with Crippen molar-refractivity contribution >= 4 is 34.0 Å². The van der Waals surface area contributed by atoms with Gasteiger partial charge in [-0.25, -0.2) is 14.4 Å². The van der Waals surface area contributed by atoms with Gasteiger partial charge >= 0.3 is 0 Å². The quantitative estimate of drug-likeness (QED) is 0.730. The molecule has 0 spiro atoms. The van der Waals surface area contributed by atoms with Crippen LogP contribution in [0.3, 0.4) is 0 Å². The van der Waals surface area contributed by atoms with Crippen LogP contribution in [-0.4, -0.2) is 17.1 Å². The van der Waals surface area contributed by atoms with Crippen LogP contribution < -0.4 is 10.1 Å². The zero-order valence-electron chi connectivity index (χ0n) is 11.8. The minimum atomic E-state index is -0.441. The van der Waals surface area contributed by atoms with Crippen molar-refractivity contribution < 1.29 is 9.13 Å². The van der Waals surface area contributed by atoms with E-state index in [2.05, 4.69) is 15.3 Å². The predicted molar refractivity (Wildman–Crippen MR) is 85.3 cm³/mol. The molecule has 3 aromatic rings. The van der Waals surface area contributed by atoms with E-state index in [-0.39, 0.29) is 11.6 Å². The minimum absolute atomic E-state index is 0.194. The molecular formula is C16H13ClFN3O. The van der Waals surface area contributed by atoms with Gasteiger partial charge in [-0.3, -0.25) is 0 Å². The van der Waals surface area contributed by atoms with Crippen molar-refractivity contribution in [3.05, 3.63) is 54.1 Å². The van der Waals surface area contributed by atoms with Crippen LogP contribution in [0.4, 0.5) is 15.9 Å². The highest BCUT2D eigenvalue weighted by Crippen LogP contribution is 2.27. The van der Waals surface area contributed by atoms with E-state index in [1.165, 1.54) is 13.2 Å².